The van der Waals surface area contributed by atoms with Gasteiger partial charge in [-0.05, 0) is 49.9 Å². The first kappa shape index (κ1) is 21.8. The number of anilines is 1. The summed E-state index contributed by atoms with van der Waals surface area (Å²) in [5.74, 6) is 0.382. The van der Waals surface area contributed by atoms with Crippen molar-refractivity contribution in [3.63, 3.8) is 0 Å². The van der Waals surface area contributed by atoms with Crippen molar-refractivity contribution < 1.29 is 19.1 Å². The van der Waals surface area contributed by atoms with Gasteiger partial charge in [-0.25, -0.2) is 9.78 Å². The SMILES string of the molecule is CCOC(=O)c1cc2c([nH]1)CC[C@@]1(C2)C(=O)N(COCC[Si](C)(C)C)c2ncccc21. The summed E-state index contributed by atoms with van der Waals surface area (Å²) in [5, 5.41) is 0. The van der Waals surface area contributed by atoms with Gasteiger partial charge in [0.2, 0.25) is 5.91 Å². The maximum absolute atomic E-state index is 13.7. The van der Waals surface area contributed by atoms with E-state index in [1.807, 2.05) is 18.2 Å². The van der Waals surface area contributed by atoms with Crippen LogP contribution in [0.4, 0.5) is 5.82 Å². The van der Waals surface area contributed by atoms with Gasteiger partial charge in [0.15, 0.2) is 0 Å². The number of rotatable bonds is 7. The molecule has 8 heteroatoms. The fraction of sp³-hybridized carbons (Fsp3) is 0.522. The molecule has 0 aromatic carbocycles. The Morgan fingerprint density at radius 2 is 2.16 bits per heavy atom. The van der Waals surface area contributed by atoms with Crippen LogP contribution < -0.4 is 4.90 Å². The molecule has 1 spiro atoms. The molecule has 7 nitrogen and oxygen atoms in total. The molecule has 4 rings (SSSR count). The zero-order valence-corrected chi connectivity index (χ0v) is 19.8. The summed E-state index contributed by atoms with van der Waals surface area (Å²) in [6.45, 7) is 9.93. The largest absolute Gasteiger partial charge is 0.461 e. The van der Waals surface area contributed by atoms with Crippen LogP contribution in [0.3, 0.4) is 0 Å². The van der Waals surface area contributed by atoms with E-state index in [-0.39, 0.29) is 18.6 Å². The third-order valence-corrected chi connectivity index (χ3v) is 7.91. The molecule has 0 radical (unpaired) electrons. The van der Waals surface area contributed by atoms with Crippen molar-refractivity contribution >= 4 is 25.8 Å². The van der Waals surface area contributed by atoms with Crippen molar-refractivity contribution in [2.75, 3.05) is 24.8 Å². The van der Waals surface area contributed by atoms with E-state index in [4.69, 9.17) is 9.47 Å². The van der Waals surface area contributed by atoms with Crippen molar-refractivity contribution in [2.24, 2.45) is 0 Å². The van der Waals surface area contributed by atoms with Crippen LogP contribution >= 0.6 is 0 Å². The molecule has 31 heavy (non-hydrogen) atoms. The van der Waals surface area contributed by atoms with Gasteiger partial charge in [0.25, 0.3) is 0 Å². The van der Waals surface area contributed by atoms with E-state index in [0.717, 1.165) is 22.9 Å². The van der Waals surface area contributed by atoms with Gasteiger partial charge in [0.05, 0.1) is 12.0 Å². The fourth-order valence-electron chi connectivity index (χ4n) is 4.51. The highest BCUT2D eigenvalue weighted by Gasteiger charge is 2.53. The first-order chi connectivity index (χ1) is 14.7. The number of carbonyl (C=O) groups is 2. The second-order valence-corrected chi connectivity index (χ2v) is 15.2. The number of nitrogens with zero attached hydrogens (tertiary/aromatic N) is 2. The Kier molecular flexibility index (Phi) is 5.78. The maximum atomic E-state index is 13.7. The molecule has 1 aliphatic heterocycles. The van der Waals surface area contributed by atoms with Crippen LogP contribution in [-0.2, 0) is 32.5 Å². The number of H-pyrrole nitrogens is 1. The average Bonchev–Trinajstić information content (AvgIpc) is 3.24. The first-order valence-corrected chi connectivity index (χ1v) is 14.7. The lowest BCUT2D eigenvalue weighted by molar-refractivity contribution is -0.124. The number of aromatic amines is 1. The maximum Gasteiger partial charge on any atom is 0.354 e. The van der Waals surface area contributed by atoms with Crippen LogP contribution in [0.15, 0.2) is 24.4 Å². The summed E-state index contributed by atoms with van der Waals surface area (Å²) in [6, 6.07) is 6.79. The van der Waals surface area contributed by atoms with Gasteiger partial charge >= 0.3 is 5.97 Å². The molecule has 2 aliphatic rings. The summed E-state index contributed by atoms with van der Waals surface area (Å²) < 4.78 is 11.0. The van der Waals surface area contributed by atoms with Crippen molar-refractivity contribution in [1.82, 2.24) is 9.97 Å². The zero-order chi connectivity index (χ0) is 22.2. The topological polar surface area (TPSA) is 84.5 Å². The minimum atomic E-state index is -1.20. The molecule has 0 unspecified atom stereocenters. The van der Waals surface area contributed by atoms with Gasteiger partial charge in [0.1, 0.15) is 18.2 Å². The van der Waals surface area contributed by atoms with Crippen LogP contribution in [0.1, 0.15) is 40.7 Å². The van der Waals surface area contributed by atoms with Crippen molar-refractivity contribution in [1.29, 1.82) is 0 Å². The predicted molar refractivity (Wildman–Crippen MR) is 121 cm³/mol. The number of aromatic nitrogens is 2. The number of fused-ring (bicyclic) bond motifs is 3. The molecule has 1 N–H and O–H groups in total. The molecule has 0 fully saturated rings. The molecule has 166 valence electrons. The number of pyridine rings is 1. The molecule has 3 heterocycles. The number of hydrogen-bond donors (Lipinski definition) is 1. The minimum absolute atomic E-state index is 0.0405. The van der Waals surface area contributed by atoms with Gasteiger partial charge in [-0.2, -0.15) is 0 Å². The number of aryl methyl sites for hydroxylation is 1. The molecule has 0 bridgehead atoms. The van der Waals surface area contributed by atoms with E-state index in [2.05, 4.69) is 29.6 Å². The quantitative estimate of drug-likeness (QED) is 0.403. The summed E-state index contributed by atoms with van der Waals surface area (Å²) in [4.78, 5) is 35.3. The normalized spacial score (nSPS) is 20.1. The van der Waals surface area contributed by atoms with Gasteiger partial charge in [0, 0.05) is 32.1 Å². The Morgan fingerprint density at radius 3 is 2.90 bits per heavy atom. The molecule has 0 saturated heterocycles. The molecule has 1 atom stereocenters. The molecule has 1 aliphatic carbocycles. The van der Waals surface area contributed by atoms with Crippen LogP contribution in [0.2, 0.25) is 25.7 Å². The average molecular weight is 442 g/mol. The summed E-state index contributed by atoms with van der Waals surface area (Å²) in [5.41, 5.74) is 2.76. The Labute approximate surface area is 184 Å². The number of ether oxygens (including phenoxy) is 2. The molecule has 1 amide bonds. The second-order valence-electron chi connectivity index (χ2n) is 9.62. The molecular weight excluding hydrogens is 410 g/mol. The third kappa shape index (κ3) is 4.06. The number of amides is 1. The first-order valence-electron chi connectivity index (χ1n) is 11.0. The summed E-state index contributed by atoms with van der Waals surface area (Å²) in [7, 11) is -1.20. The summed E-state index contributed by atoms with van der Waals surface area (Å²) >= 11 is 0. The Morgan fingerprint density at radius 1 is 1.35 bits per heavy atom. The zero-order valence-electron chi connectivity index (χ0n) is 18.8. The highest BCUT2D eigenvalue weighted by molar-refractivity contribution is 6.76. The van der Waals surface area contributed by atoms with E-state index in [1.54, 1.807) is 18.0 Å². The number of carbonyl (C=O) groups excluding carboxylic acids is 2. The Bertz CT molecular complexity index is 997. The molecule has 2 aromatic rings. The molecular formula is C23H31N3O4Si. The smallest absolute Gasteiger partial charge is 0.354 e. The summed E-state index contributed by atoms with van der Waals surface area (Å²) in [6.07, 6.45) is 3.63. The number of hydrogen-bond acceptors (Lipinski definition) is 5. The predicted octanol–water partition coefficient (Wildman–Crippen LogP) is 3.67. The Balaban J connectivity index is 1.58. The fourth-order valence-corrected chi connectivity index (χ4v) is 5.27. The van der Waals surface area contributed by atoms with Gasteiger partial charge < -0.3 is 14.5 Å². The lowest BCUT2D eigenvalue weighted by Gasteiger charge is -2.32. The number of nitrogens with one attached hydrogen (secondary N) is 1. The van der Waals surface area contributed by atoms with E-state index in [9.17, 15) is 9.59 Å². The molecule has 0 saturated carbocycles. The van der Waals surface area contributed by atoms with Gasteiger partial charge in [-0.1, -0.05) is 25.7 Å². The van der Waals surface area contributed by atoms with E-state index >= 15 is 0 Å². The lowest BCUT2D eigenvalue weighted by Crippen LogP contribution is -2.45. The van der Waals surface area contributed by atoms with Crippen molar-refractivity contribution in [3.8, 4) is 0 Å². The highest BCUT2D eigenvalue weighted by Crippen LogP contribution is 2.48. The standard InChI is InChI=1S/C23H31N3O4Si/c1-5-30-21(27)19-13-16-14-23(9-8-18(16)25-19)17-7-6-10-24-20(17)26(22(23)28)15-29-11-12-31(2,3)4/h6-7,10,13,25H,5,8-9,11-12,14-15H2,1-4H3/t23-/m0/s1. The Hall–Kier alpha value is -2.45. The van der Waals surface area contributed by atoms with Crippen LogP contribution in [0.25, 0.3) is 0 Å². The van der Waals surface area contributed by atoms with E-state index in [1.165, 1.54) is 0 Å². The second kappa shape index (κ2) is 8.24. The van der Waals surface area contributed by atoms with Gasteiger partial charge in [-0.15, -0.1) is 0 Å². The minimum Gasteiger partial charge on any atom is -0.461 e. The lowest BCUT2D eigenvalue weighted by atomic mass is 9.70. The van der Waals surface area contributed by atoms with Crippen LogP contribution in [0.5, 0.6) is 0 Å². The van der Waals surface area contributed by atoms with Crippen LogP contribution in [0, 0.1) is 0 Å². The van der Waals surface area contributed by atoms with Crippen molar-refractivity contribution in [3.05, 3.63) is 46.9 Å². The van der Waals surface area contributed by atoms with E-state index in [0.29, 0.717) is 44.0 Å². The van der Waals surface area contributed by atoms with Crippen LogP contribution in [-0.4, -0.2) is 49.9 Å². The van der Waals surface area contributed by atoms with E-state index < -0.39 is 13.5 Å². The van der Waals surface area contributed by atoms with Gasteiger partial charge in [-0.3, -0.25) is 9.69 Å². The molecule has 2 aromatic heterocycles. The third-order valence-electron chi connectivity index (χ3n) is 6.21. The highest BCUT2D eigenvalue weighted by atomic mass is 28.3. The number of esters is 1. The monoisotopic (exact) mass is 441 g/mol. The van der Waals surface area contributed by atoms with Crippen molar-refractivity contribution in [2.45, 2.75) is 57.3 Å².